The maximum absolute atomic E-state index is 11.4. The lowest BCUT2D eigenvalue weighted by Gasteiger charge is -2.07. The highest BCUT2D eigenvalue weighted by Crippen LogP contribution is 2.01. The maximum Gasteiger partial charge on any atom is 0.407 e. The van der Waals surface area contributed by atoms with Gasteiger partial charge in [-0.3, -0.25) is 0 Å². The summed E-state index contributed by atoms with van der Waals surface area (Å²) in [5, 5.41) is 11.3. The number of rotatable bonds is 6. The van der Waals surface area contributed by atoms with Gasteiger partial charge in [0, 0.05) is 6.54 Å². The predicted octanol–water partition coefficient (Wildman–Crippen LogP) is 2.24. The summed E-state index contributed by atoms with van der Waals surface area (Å²) in [6.45, 7) is 2.73. The molecule has 0 fully saturated rings. The number of hydrogen-bond donors (Lipinski definition) is 2. The van der Waals surface area contributed by atoms with E-state index >= 15 is 0 Å². The standard InChI is InChI=1S/C14H19NO3/c1-12(8-10-16)7-9-15-14(17)18-11-13-5-3-2-4-6-13/h2-6,8,16H,7,9-11H2,1H3,(H,15,17)/b12-8+. The third-order valence-corrected chi connectivity index (χ3v) is 2.44. The van der Waals surface area contributed by atoms with E-state index in [4.69, 9.17) is 9.84 Å². The summed E-state index contributed by atoms with van der Waals surface area (Å²) in [7, 11) is 0. The molecule has 0 aliphatic rings. The van der Waals surface area contributed by atoms with Crippen LogP contribution in [0.1, 0.15) is 18.9 Å². The molecule has 18 heavy (non-hydrogen) atoms. The van der Waals surface area contributed by atoms with Crippen molar-refractivity contribution in [2.75, 3.05) is 13.2 Å². The summed E-state index contributed by atoms with van der Waals surface area (Å²) >= 11 is 0. The molecular formula is C14H19NO3. The quantitative estimate of drug-likeness (QED) is 0.760. The Labute approximate surface area is 107 Å². The number of ether oxygens (including phenoxy) is 1. The fraction of sp³-hybridized carbons (Fsp3) is 0.357. The van der Waals surface area contributed by atoms with Crippen LogP contribution in [0.4, 0.5) is 4.79 Å². The van der Waals surface area contributed by atoms with Gasteiger partial charge in [0.15, 0.2) is 0 Å². The summed E-state index contributed by atoms with van der Waals surface area (Å²) in [4.78, 5) is 11.4. The van der Waals surface area contributed by atoms with Gasteiger partial charge in [-0.2, -0.15) is 0 Å². The molecule has 0 bridgehead atoms. The van der Waals surface area contributed by atoms with Crippen LogP contribution in [0.3, 0.4) is 0 Å². The van der Waals surface area contributed by atoms with E-state index in [1.165, 1.54) is 0 Å². The zero-order valence-corrected chi connectivity index (χ0v) is 10.6. The number of carbonyl (C=O) groups is 1. The third kappa shape index (κ3) is 6.06. The van der Waals surface area contributed by atoms with Crippen LogP contribution in [-0.4, -0.2) is 24.4 Å². The van der Waals surface area contributed by atoms with Crippen molar-refractivity contribution in [3.8, 4) is 0 Å². The van der Waals surface area contributed by atoms with E-state index < -0.39 is 6.09 Å². The molecule has 2 N–H and O–H groups in total. The highest BCUT2D eigenvalue weighted by molar-refractivity contribution is 5.67. The zero-order chi connectivity index (χ0) is 13.2. The smallest absolute Gasteiger partial charge is 0.407 e. The van der Waals surface area contributed by atoms with E-state index in [1.54, 1.807) is 6.08 Å². The van der Waals surface area contributed by atoms with Crippen molar-refractivity contribution in [3.63, 3.8) is 0 Å². The van der Waals surface area contributed by atoms with E-state index in [9.17, 15) is 4.79 Å². The number of nitrogens with one attached hydrogen (secondary N) is 1. The molecule has 4 nitrogen and oxygen atoms in total. The average molecular weight is 249 g/mol. The molecule has 1 aromatic rings. The first kappa shape index (κ1) is 14.3. The summed E-state index contributed by atoms with van der Waals surface area (Å²) in [6.07, 6.45) is 2.01. The Kier molecular flexibility index (Phi) is 6.58. The summed E-state index contributed by atoms with van der Waals surface area (Å²) in [6, 6.07) is 9.53. The Hall–Kier alpha value is -1.81. The minimum atomic E-state index is -0.421. The largest absolute Gasteiger partial charge is 0.445 e. The molecule has 0 atom stereocenters. The van der Waals surface area contributed by atoms with E-state index in [0.29, 0.717) is 13.0 Å². The normalized spacial score (nSPS) is 11.1. The molecule has 0 spiro atoms. The Morgan fingerprint density at radius 2 is 2.11 bits per heavy atom. The van der Waals surface area contributed by atoms with Crippen molar-refractivity contribution in [3.05, 3.63) is 47.5 Å². The Bertz CT molecular complexity index is 387. The van der Waals surface area contributed by atoms with Crippen molar-refractivity contribution in [1.29, 1.82) is 0 Å². The minimum Gasteiger partial charge on any atom is -0.445 e. The summed E-state index contributed by atoms with van der Waals surface area (Å²) in [5.41, 5.74) is 2.00. The van der Waals surface area contributed by atoms with Crippen LogP contribution in [0.2, 0.25) is 0 Å². The van der Waals surface area contributed by atoms with E-state index in [1.807, 2.05) is 37.3 Å². The molecule has 0 heterocycles. The molecule has 98 valence electrons. The van der Waals surface area contributed by atoms with Crippen molar-refractivity contribution in [2.24, 2.45) is 0 Å². The fourth-order valence-electron chi connectivity index (χ4n) is 1.39. The SMILES string of the molecule is C/C(=C\CO)CCNC(=O)OCc1ccccc1. The first-order valence-electron chi connectivity index (χ1n) is 5.93. The lowest BCUT2D eigenvalue weighted by atomic mass is 10.2. The Morgan fingerprint density at radius 3 is 2.78 bits per heavy atom. The van der Waals surface area contributed by atoms with Crippen LogP contribution in [0, 0.1) is 0 Å². The lowest BCUT2D eigenvalue weighted by molar-refractivity contribution is 0.140. The van der Waals surface area contributed by atoms with Crippen molar-refractivity contribution in [2.45, 2.75) is 20.0 Å². The molecular weight excluding hydrogens is 230 g/mol. The number of aliphatic hydroxyl groups is 1. The van der Waals surface area contributed by atoms with Gasteiger partial charge in [-0.1, -0.05) is 42.0 Å². The van der Waals surface area contributed by atoms with Gasteiger partial charge < -0.3 is 15.2 Å². The van der Waals surface area contributed by atoms with Crippen molar-refractivity contribution >= 4 is 6.09 Å². The van der Waals surface area contributed by atoms with Crippen LogP contribution in [0.15, 0.2) is 42.0 Å². The van der Waals surface area contributed by atoms with Crippen molar-refractivity contribution < 1.29 is 14.6 Å². The van der Waals surface area contributed by atoms with Gasteiger partial charge in [-0.15, -0.1) is 0 Å². The Balaban J connectivity index is 2.17. The zero-order valence-electron chi connectivity index (χ0n) is 10.6. The first-order chi connectivity index (χ1) is 8.72. The van der Waals surface area contributed by atoms with Crippen LogP contribution >= 0.6 is 0 Å². The molecule has 1 rings (SSSR count). The second kappa shape index (κ2) is 8.31. The number of aliphatic hydroxyl groups excluding tert-OH is 1. The highest BCUT2D eigenvalue weighted by atomic mass is 16.5. The van der Waals surface area contributed by atoms with Crippen LogP contribution < -0.4 is 5.32 Å². The third-order valence-electron chi connectivity index (χ3n) is 2.44. The topological polar surface area (TPSA) is 58.6 Å². The van der Waals surface area contributed by atoms with Crippen molar-refractivity contribution in [1.82, 2.24) is 5.32 Å². The van der Waals surface area contributed by atoms with Crippen LogP contribution in [0.5, 0.6) is 0 Å². The number of benzene rings is 1. The molecule has 1 aromatic carbocycles. The molecule has 0 aliphatic heterocycles. The summed E-state index contributed by atoms with van der Waals surface area (Å²) in [5.74, 6) is 0. The monoisotopic (exact) mass is 249 g/mol. The fourth-order valence-corrected chi connectivity index (χ4v) is 1.39. The van der Waals surface area contributed by atoms with Gasteiger partial charge in [0.1, 0.15) is 6.61 Å². The van der Waals surface area contributed by atoms with E-state index in [-0.39, 0.29) is 13.2 Å². The molecule has 0 saturated carbocycles. The van der Waals surface area contributed by atoms with E-state index in [2.05, 4.69) is 5.32 Å². The second-order valence-corrected chi connectivity index (χ2v) is 3.97. The second-order valence-electron chi connectivity index (χ2n) is 3.97. The van der Waals surface area contributed by atoms with Gasteiger partial charge in [-0.25, -0.2) is 4.79 Å². The molecule has 4 heteroatoms. The molecule has 0 aromatic heterocycles. The number of carbonyl (C=O) groups excluding carboxylic acids is 1. The van der Waals surface area contributed by atoms with Gasteiger partial charge >= 0.3 is 6.09 Å². The molecule has 0 unspecified atom stereocenters. The Morgan fingerprint density at radius 1 is 1.39 bits per heavy atom. The first-order valence-corrected chi connectivity index (χ1v) is 5.93. The van der Waals surface area contributed by atoms with Gasteiger partial charge in [0.05, 0.1) is 6.61 Å². The number of hydrogen-bond acceptors (Lipinski definition) is 3. The van der Waals surface area contributed by atoms with Gasteiger partial charge in [0.2, 0.25) is 0 Å². The average Bonchev–Trinajstić information content (AvgIpc) is 2.38. The molecule has 1 amide bonds. The lowest BCUT2D eigenvalue weighted by Crippen LogP contribution is -2.25. The van der Waals surface area contributed by atoms with Gasteiger partial charge in [0.25, 0.3) is 0 Å². The van der Waals surface area contributed by atoms with E-state index in [0.717, 1.165) is 11.1 Å². The number of alkyl carbamates (subject to hydrolysis) is 1. The highest BCUT2D eigenvalue weighted by Gasteiger charge is 2.01. The maximum atomic E-state index is 11.4. The number of amides is 1. The van der Waals surface area contributed by atoms with Crippen LogP contribution in [-0.2, 0) is 11.3 Å². The summed E-state index contributed by atoms with van der Waals surface area (Å²) < 4.78 is 5.05. The predicted molar refractivity (Wildman–Crippen MR) is 70.1 cm³/mol. The molecule has 0 aliphatic carbocycles. The minimum absolute atomic E-state index is 0.0320. The van der Waals surface area contributed by atoms with Gasteiger partial charge in [-0.05, 0) is 18.9 Å². The van der Waals surface area contributed by atoms with Crippen LogP contribution in [0.25, 0.3) is 0 Å². The molecule has 0 radical (unpaired) electrons. The molecule has 0 saturated heterocycles.